The van der Waals surface area contributed by atoms with Crippen LogP contribution in [0.4, 0.5) is 16.5 Å². The number of anilines is 3. The summed E-state index contributed by atoms with van der Waals surface area (Å²) < 4.78 is 5.39. The second-order valence-corrected chi connectivity index (χ2v) is 9.52. The number of thioether (sulfide) groups is 1. The number of amides is 2. The molecular formula is C24H23N3O4S2. The quantitative estimate of drug-likeness (QED) is 0.478. The number of hydrogen-bond acceptors (Lipinski definition) is 7. The molecule has 0 radical (unpaired) electrons. The zero-order chi connectivity index (χ0) is 23.5. The number of thiazole rings is 1. The second-order valence-electron chi connectivity index (χ2n) is 7.66. The Hall–Kier alpha value is -3.17. The molecule has 9 heteroatoms. The van der Waals surface area contributed by atoms with Gasteiger partial charge < -0.3 is 4.74 Å². The average molecular weight is 482 g/mol. The molecule has 1 aromatic heterocycles. The number of esters is 1. The number of carbonyl (C=O) groups is 3. The highest BCUT2D eigenvalue weighted by Crippen LogP contribution is 2.35. The summed E-state index contributed by atoms with van der Waals surface area (Å²) in [4.78, 5) is 45.7. The average Bonchev–Trinajstić information content (AvgIpc) is 3.24. The first-order chi connectivity index (χ1) is 15.8. The number of para-hydroxylation sites is 1. The van der Waals surface area contributed by atoms with E-state index in [0.29, 0.717) is 16.6 Å². The molecule has 1 aliphatic heterocycles. The number of aromatic nitrogens is 1. The third kappa shape index (κ3) is 5.09. The summed E-state index contributed by atoms with van der Waals surface area (Å²) in [6, 6.07) is 13.4. The van der Waals surface area contributed by atoms with Crippen molar-refractivity contribution in [1.29, 1.82) is 0 Å². The Labute approximate surface area is 200 Å². The van der Waals surface area contributed by atoms with E-state index in [1.807, 2.05) is 56.3 Å². The van der Waals surface area contributed by atoms with Crippen molar-refractivity contribution in [3.05, 3.63) is 64.7 Å². The third-order valence-corrected chi connectivity index (χ3v) is 7.04. The molecule has 0 aliphatic carbocycles. The maximum absolute atomic E-state index is 12.5. The van der Waals surface area contributed by atoms with Gasteiger partial charge in [0.05, 0.1) is 22.8 Å². The van der Waals surface area contributed by atoms with Crippen LogP contribution in [0.15, 0.2) is 52.7 Å². The zero-order valence-electron chi connectivity index (χ0n) is 18.5. The van der Waals surface area contributed by atoms with E-state index in [4.69, 9.17) is 4.74 Å². The minimum Gasteiger partial charge on any atom is -0.458 e. The normalized spacial score (nSPS) is 12.9. The SMILES string of the molecule is CC(=O)N(c1nc(COC(=O)CN2C(=O)CSc3ccccc32)cs1)c1ccc(C)cc1C. The number of rotatable bonds is 6. The standard InChI is InChI=1S/C24H23N3O4S2/c1-15-8-9-19(16(2)10-15)27(17(3)28)24-25-18(13-33-24)12-31-23(30)11-26-20-6-4-5-7-21(20)32-14-22(26)29/h4-10,13H,11-12,14H2,1-3H3. The first-order valence-corrected chi connectivity index (χ1v) is 12.2. The number of benzene rings is 2. The number of aryl methyl sites for hydroxylation is 2. The van der Waals surface area contributed by atoms with Gasteiger partial charge in [-0.25, -0.2) is 4.98 Å². The fourth-order valence-electron chi connectivity index (χ4n) is 3.59. The van der Waals surface area contributed by atoms with Crippen LogP contribution in [-0.4, -0.2) is 35.1 Å². The summed E-state index contributed by atoms with van der Waals surface area (Å²) in [6.45, 7) is 5.25. The predicted molar refractivity (Wildman–Crippen MR) is 130 cm³/mol. The van der Waals surface area contributed by atoms with Crippen molar-refractivity contribution in [3.8, 4) is 0 Å². The molecule has 2 heterocycles. The lowest BCUT2D eigenvalue weighted by Crippen LogP contribution is -2.39. The van der Waals surface area contributed by atoms with E-state index in [1.165, 1.54) is 34.9 Å². The van der Waals surface area contributed by atoms with Crippen LogP contribution in [0.25, 0.3) is 0 Å². The predicted octanol–water partition coefficient (Wildman–Crippen LogP) is 4.63. The highest BCUT2D eigenvalue weighted by Gasteiger charge is 2.27. The highest BCUT2D eigenvalue weighted by atomic mass is 32.2. The van der Waals surface area contributed by atoms with E-state index in [-0.39, 0.29) is 25.0 Å². The number of ether oxygens (including phenoxy) is 1. The molecule has 1 aliphatic rings. The van der Waals surface area contributed by atoms with Crippen LogP contribution in [-0.2, 0) is 25.7 Å². The van der Waals surface area contributed by atoms with Gasteiger partial charge in [-0.2, -0.15) is 0 Å². The second kappa shape index (κ2) is 9.76. The molecule has 2 amide bonds. The van der Waals surface area contributed by atoms with E-state index in [0.717, 1.165) is 27.4 Å². The van der Waals surface area contributed by atoms with Gasteiger partial charge in [0.2, 0.25) is 11.8 Å². The van der Waals surface area contributed by atoms with Crippen molar-refractivity contribution in [1.82, 2.24) is 4.98 Å². The third-order valence-electron chi connectivity index (χ3n) is 5.12. The molecule has 0 saturated heterocycles. The van der Waals surface area contributed by atoms with Gasteiger partial charge in [-0.3, -0.25) is 24.2 Å². The van der Waals surface area contributed by atoms with E-state index in [9.17, 15) is 14.4 Å². The monoisotopic (exact) mass is 481 g/mol. The Balaban J connectivity index is 1.43. The fourth-order valence-corrected chi connectivity index (χ4v) is 5.39. The van der Waals surface area contributed by atoms with Gasteiger partial charge in [-0.1, -0.05) is 29.8 Å². The van der Waals surface area contributed by atoms with Crippen molar-refractivity contribution >= 4 is 57.4 Å². The summed E-state index contributed by atoms with van der Waals surface area (Å²) in [5.74, 6) is -0.506. The molecule has 3 aromatic rings. The van der Waals surface area contributed by atoms with Gasteiger partial charge in [0, 0.05) is 17.2 Å². The summed E-state index contributed by atoms with van der Waals surface area (Å²) in [5, 5.41) is 2.28. The number of fused-ring (bicyclic) bond motifs is 1. The van der Waals surface area contributed by atoms with E-state index < -0.39 is 5.97 Å². The van der Waals surface area contributed by atoms with Gasteiger partial charge in [0.25, 0.3) is 0 Å². The molecule has 0 atom stereocenters. The van der Waals surface area contributed by atoms with E-state index in [2.05, 4.69) is 4.98 Å². The van der Waals surface area contributed by atoms with Gasteiger partial charge in [0.1, 0.15) is 13.2 Å². The molecule has 2 aromatic carbocycles. The largest absolute Gasteiger partial charge is 0.458 e. The highest BCUT2D eigenvalue weighted by molar-refractivity contribution is 8.00. The van der Waals surface area contributed by atoms with Crippen molar-refractivity contribution in [2.75, 3.05) is 22.1 Å². The lowest BCUT2D eigenvalue weighted by Gasteiger charge is -2.27. The smallest absolute Gasteiger partial charge is 0.326 e. The Morgan fingerprint density at radius 1 is 1.18 bits per heavy atom. The molecule has 0 N–H and O–H groups in total. The van der Waals surface area contributed by atoms with Crippen LogP contribution in [0.2, 0.25) is 0 Å². The first kappa shape index (κ1) is 23.0. The number of nitrogens with zero attached hydrogens (tertiary/aromatic N) is 3. The molecule has 0 spiro atoms. The zero-order valence-corrected chi connectivity index (χ0v) is 20.2. The number of hydrogen-bond donors (Lipinski definition) is 0. The van der Waals surface area contributed by atoms with Crippen LogP contribution in [0.5, 0.6) is 0 Å². The van der Waals surface area contributed by atoms with Gasteiger partial charge in [-0.05, 0) is 37.6 Å². The molecule has 0 bridgehead atoms. The van der Waals surface area contributed by atoms with Crippen LogP contribution in [0, 0.1) is 13.8 Å². The maximum atomic E-state index is 12.5. The van der Waals surface area contributed by atoms with E-state index in [1.54, 1.807) is 10.3 Å². The van der Waals surface area contributed by atoms with Crippen molar-refractivity contribution in [2.24, 2.45) is 0 Å². The minimum atomic E-state index is -0.516. The van der Waals surface area contributed by atoms with Crippen molar-refractivity contribution in [2.45, 2.75) is 32.3 Å². The first-order valence-electron chi connectivity index (χ1n) is 10.3. The molecule has 170 valence electrons. The molecule has 0 fully saturated rings. The molecule has 0 unspecified atom stereocenters. The lowest BCUT2D eigenvalue weighted by atomic mass is 10.1. The van der Waals surface area contributed by atoms with Crippen LogP contribution >= 0.6 is 23.1 Å². The Bertz CT molecular complexity index is 1220. The van der Waals surface area contributed by atoms with Gasteiger partial charge >= 0.3 is 5.97 Å². The molecule has 33 heavy (non-hydrogen) atoms. The maximum Gasteiger partial charge on any atom is 0.326 e. The fraction of sp³-hybridized carbons (Fsp3) is 0.250. The van der Waals surface area contributed by atoms with Crippen LogP contribution in [0.3, 0.4) is 0 Å². The topological polar surface area (TPSA) is 79.8 Å². The Morgan fingerprint density at radius 2 is 1.97 bits per heavy atom. The van der Waals surface area contributed by atoms with Crippen molar-refractivity contribution in [3.63, 3.8) is 0 Å². The molecular weight excluding hydrogens is 458 g/mol. The molecule has 0 saturated carbocycles. The summed E-state index contributed by atoms with van der Waals surface area (Å²) in [5.41, 5.74) is 4.11. The van der Waals surface area contributed by atoms with Crippen LogP contribution in [0.1, 0.15) is 23.7 Å². The molecule has 4 rings (SSSR count). The molecule has 7 nitrogen and oxygen atoms in total. The Morgan fingerprint density at radius 3 is 2.73 bits per heavy atom. The van der Waals surface area contributed by atoms with Gasteiger partial charge in [-0.15, -0.1) is 23.1 Å². The van der Waals surface area contributed by atoms with E-state index >= 15 is 0 Å². The summed E-state index contributed by atoms with van der Waals surface area (Å²) in [7, 11) is 0. The van der Waals surface area contributed by atoms with Gasteiger partial charge in [0.15, 0.2) is 5.13 Å². The number of carbonyl (C=O) groups excluding carboxylic acids is 3. The summed E-state index contributed by atoms with van der Waals surface area (Å²) >= 11 is 2.77. The lowest BCUT2D eigenvalue weighted by molar-refractivity contribution is -0.144. The summed E-state index contributed by atoms with van der Waals surface area (Å²) in [6.07, 6.45) is 0. The van der Waals surface area contributed by atoms with Crippen molar-refractivity contribution < 1.29 is 19.1 Å². The Kier molecular flexibility index (Phi) is 6.80. The minimum absolute atomic E-state index is 0.0353. The van der Waals surface area contributed by atoms with Crippen LogP contribution < -0.4 is 9.80 Å².